The van der Waals surface area contributed by atoms with Gasteiger partial charge in [0.05, 0.1) is 0 Å². The van der Waals surface area contributed by atoms with Crippen LogP contribution in [0.5, 0.6) is 0 Å². The molecule has 0 aliphatic carbocycles. The molecule has 14 heavy (non-hydrogen) atoms. The number of rotatable bonds is 1. The van der Waals surface area contributed by atoms with Crippen molar-refractivity contribution in [2.75, 3.05) is 0 Å². The molecule has 0 amide bonds. The molecule has 0 aliphatic rings. The van der Waals surface area contributed by atoms with Crippen molar-refractivity contribution in [1.82, 2.24) is 0 Å². The Hall–Kier alpha value is -0.0400. The lowest BCUT2D eigenvalue weighted by Gasteiger charge is -2.11. The van der Waals surface area contributed by atoms with Crippen LogP contribution in [-0.4, -0.2) is 0 Å². The van der Waals surface area contributed by atoms with Crippen LogP contribution in [0.3, 0.4) is 0 Å². The summed E-state index contributed by atoms with van der Waals surface area (Å²) >= 11 is 6.39. The van der Waals surface area contributed by atoms with E-state index >= 15 is 0 Å². The number of thiophene rings is 1. The van der Waals surface area contributed by atoms with Crippen molar-refractivity contribution in [3.8, 4) is 0 Å². The largest absolute Gasteiger partial charge is 0.143 e. The van der Waals surface area contributed by atoms with Crippen LogP contribution in [0.2, 0.25) is 0 Å². The minimum absolute atomic E-state index is 0.535. The van der Waals surface area contributed by atoms with E-state index in [1.54, 1.807) is 11.3 Å². The molecule has 0 aliphatic heterocycles. The summed E-state index contributed by atoms with van der Waals surface area (Å²) in [6.07, 6.45) is 0. The van der Waals surface area contributed by atoms with Gasteiger partial charge in [0, 0.05) is 15.0 Å². The van der Waals surface area contributed by atoms with Crippen LogP contribution in [0.25, 0.3) is 10.1 Å². The van der Waals surface area contributed by atoms with Crippen molar-refractivity contribution in [2.45, 2.75) is 24.7 Å². The summed E-state index contributed by atoms with van der Waals surface area (Å²) in [5, 5.41) is 4.72. The zero-order chi connectivity index (χ0) is 10.3. The number of benzene rings is 1. The summed E-state index contributed by atoms with van der Waals surface area (Å²) < 4.78 is 1.31. The Bertz CT molecular complexity index is 471. The van der Waals surface area contributed by atoms with Gasteiger partial charge in [-0.3, -0.25) is 0 Å². The molecule has 0 saturated heterocycles. The first-order valence-electron chi connectivity index (χ1n) is 4.59. The van der Waals surface area contributed by atoms with Crippen LogP contribution in [0.4, 0.5) is 0 Å². The smallest absolute Gasteiger partial charge is 0.0485 e. The van der Waals surface area contributed by atoms with E-state index in [-0.39, 0.29) is 0 Å². The number of fused-ring (bicyclic) bond motifs is 1. The summed E-state index contributed by atoms with van der Waals surface area (Å²) in [7, 11) is 2.81. The molecule has 2 rings (SSSR count). The highest BCUT2D eigenvalue weighted by atomic mass is 32.1. The average molecular weight is 240 g/mol. The van der Waals surface area contributed by atoms with Gasteiger partial charge in [0.25, 0.3) is 0 Å². The minimum Gasteiger partial charge on any atom is -0.143 e. The number of thiol groups is 1. The standard InChI is InChI=1S/C11H13PS2/c1-6(2)8-5-9(12)7-3-4-14-11(7)10(8)13/h3-6,13H,12H2,1-2H3. The summed E-state index contributed by atoms with van der Waals surface area (Å²) in [5.41, 5.74) is 1.34. The predicted molar refractivity (Wildman–Crippen MR) is 72.5 cm³/mol. The molecule has 74 valence electrons. The Morgan fingerprint density at radius 3 is 2.79 bits per heavy atom. The maximum absolute atomic E-state index is 4.62. The zero-order valence-corrected chi connectivity index (χ0v) is 11.1. The monoisotopic (exact) mass is 240 g/mol. The second-order valence-corrected chi connectivity index (χ2v) is 5.71. The molecule has 0 fully saturated rings. The molecule has 0 nitrogen and oxygen atoms in total. The lowest BCUT2D eigenvalue weighted by atomic mass is 10.0. The topological polar surface area (TPSA) is 0 Å². The van der Waals surface area contributed by atoms with Gasteiger partial charge in [0.1, 0.15) is 0 Å². The third-order valence-electron chi connectivity index (χ3n) is 2.40. The van der Waals surface area contributed by atoms with Gasteiger partial charge >= 0.3 is 0 Å². The molecule has 0 radical (unpaired) electrons. The van der Waals surface area contributed by atoms with E-state index in [9.17, 15) is 0 Å². The molecule has 0 saturated carbocycles. The third kappa shape index (κ3) is 1.60. The van der Waals surface area contributed by atoms with Crippen LogP contribution in [0.15, 0.2) is 22.4 Å². The lowest BCUT2D eigenvalue weighted by Crippen LogP contribution is -1.98. The normalized spacial score (nSPS) is 11.5. The lowest BCUT2D eigenvalue weighted by molar-refractivity contribution is 0.849. The van der Waals surface area contributed by atoms with Gasteiger partial charge in [-0.15, -0.1) is 33.2 Å². The molecular formula is C11H13PS2. The molecular weight excluding hydrogens is 227 g/mol. The Kier molecular flexibility index (Phi) is 2.88. The first kappa shape index (κ1) is 10.5. The first-order chi connectivity index (χ1) is 6.61. The average Bonchev–Trinajstić information content (AvgIpc) is 2.59. The summed E-state index contributed by atoms with van der Waals surface area (Å²) in [5.74, 6) is 0.535. The van der Waals surface area contributed by atoms with Gasteiger partial charge < -0.3 is 0 Å². The van der Waals surface area contributed by atoms with Gasteiger partial charge in [-0.2, -0.15) is 0 Å². The van der Waals surface area contributed by atoms with Crippen molar-refractivity contribution >= 4 is 48.6 Å². The highest BCUT2D eigenvalue weighted by Crippen LogP contribution is 2.33. The van der Waals surface area contributed by atoms with Gasteiger partial charge in [0.2, 0.25) is 0 Å². The first-order valence-corrected chi connectivity index (χ1v) is 6.50. The van der Waals surface area contributed by atoms with E-state index in [0.29, 0.717) is 5.92 Å². The molecule has 1 unspecified atom stereocenters. The van der Waals surface area contributed by atoms with Crippen molar-refractivity contribution in [3.05, 3.63) is 23.1 Å². The van der Waals surface area contributed by atoms with E-state index < -0.39 is 0 Å². The SMILES string of the molecule is CC(C)c1cc(P)c2ccsc2c1S. The fourth-order valence-electron chi connectivity index (χ4n) is 1.60. The van der Waals surface area contributed by atoms with Crippen molar-refractivity contribution in [1.29, 1.82) is 0 Å². The van der Waals surface area contributed by atoms with Gasteiger partial charge in [0.15, 0.2) is 0 Å². The van der Waals surface area contributed by atoms with E-state index in [2.05, 4.69) is 53.2 Å². The van der Waals surface area contributed by atoms with Gasteiger partial charge in [-0.25, -0.2) is 0 Å². The van der Waals surface area contributed by atoms with Crippen molar-refractivity contribution < 1.29 is 0 Å². The molecule has 0 bridgehead atoms. The third-order valence-corrected chi connectivity index (χ3v) is 4.44. The predicted octanol–water partition coefficient (Wildman–Crippen LogP) is 3.81. The van der Waals surface area contributed by atoms with Gasteiger partial charge in [-0.05, 0) is 34.3 Å². The molecule has 1 aromatic heterocycles. The van der Waals surface area contributed by atoms with E-state index in [1.165, 1.54) is 21.0 Å². The van der Waals surface area contributed by atoms with Crippen LogP contribution >= 0.6 is 33.2 Å². The van der Waals surface area contributed by atoms with E-state index in [4.69, 9.17) is 0 Å². The quantitative estimate of drug-likeness (QED) is 0.568. The fraction of sp³-hybridized carbons (Fsp3) is 0.273. The zero-order valence-electron chi connectivity index (χ0n) is 8.24. The molecule has 2 aromatic rings. The molecule has 0 N–H and O–H groups in total. The molecule has 0 spiro atoms. The second kappa shape index (κ2) is 3.84. The molecule has 1 aromatic carbocycles. The molecule has 1 atom stereocenters. The van der Waals surface area contributed by atoms with Gasteiger partial charge in [-0.1, -0.05) is 13.8 Å². The highest BCUT2D eigenvalue weighted by Gasteiger charge is 2.10. The van der Waals surface area contributed by atoms with Crippen LogP contribution in [0.1, 0.15) is 25.3 Å². The maximum Gasteiger partial charge on any atom is 0.0485 e. The summed E-state index contributed by atoms with van der Waals surface area (Å²) in [6, 6.07) is 4.39. The number of hydrogen-bond acceptors (Lipinski definition) is 2. The van der Waals surface area contributed by atoms with E-state index in [1.807, 2.05) is 0 Å². The van der Waals surface area contributed by atoms with Crippen molar-refractivity contribution in [3.63, 3.8) is 0 Å². The molecule has 3 heteroatoms. The van der Waals surface area contributed by atoms with Crippen molar-refractivity contribution in [2.24, 2.45) is 0 Å². The minimum atomic E-state index is 0.535. The molecule has 1 heterocycles. The summed E-state index contributed by atoms with van der Waals surface area (Å²) in [6.45, 7) is 4.41. The Morgan fingerprint density at radius 1 is 1.43 bits per heavy atom. The number of hydrogen-bond donors (Lipinski definition) is 1. The van der Waals surface area contributed by atoms with Crippen LogP contribution in [0, 0.1) is 0 Å². The van der Waals surface area contributed by atoms with E-state index in [0.717, 1.165) is 4.90 Å². The van der Waals surface area contributed by atoms with Crippen LogP contribution < -0.4 is 5.30 Å². The Morgan fingerprint density at radius 2 is 2.14 bits per heavy atom. The van der Waals surface area contributed by atoms with Crippen LogP contribution in [-0.2, 0) is 0 Å². The Balaban J connectivity index is 2.82. The summed E-state index contributed by atoms with van der Waals surface area (Å²) in [4.78, 5) is 1.15. The fourth-order valence-corrected chi connectivity index (χ4v) is 3.61. The second-order valence-electron chi connectivity index (χ2n) is 3.72. The highest BCUT2D eigenvalue weighted by molar-refractivity contribution is 7.80. The maximum atomic E-state index is 4.62. The Labute approximate surface area is 96.3 Å².